The van der Waals surface area contributed by atoms with Crippen molar-refractivity contribution in [2.45, 2.75) is 354 Å². The number of ether oxygens (including phenoxy) is 3. The van der Waals surface area contributed by atoms with Gasteiger partial charge in [-0.1, -0.05) is 268 Å². The third-order valence-electron chi connectivity index (χ3n) is 15.2. The van der Waals surface area contributed by atoms with E-state index in [1.54, 1.807) is 0 Å². The summed E-state index contributed by atoms with van der Waals surface area (Å²) in [4.78, 5) is 48.9. The molecule has 0 saturated carbocycles. The number of aliphatic hydroxyl groups excluding tert-OH is 1. The zero-order valence-electron chi connectivity index (χ0n) is 53.5. The minimum absolute atomic E-state index is 0.167. The van der Waals surface area contributed by atoms with Crippen LogP contribution in [0.25, 0.3) is 0 Å². The lowest BCUT2D eigenvalue weighted by atomic mass is 10.1. The Kier molecular flexibility index (Phi) is 62.4. The van der Waals surface area contributed by atoms with Crippen LogP contribution in [-0.4, -0.2) is 66.5 Å². The molecule has 82 heavy (non-hydrogen) atoms. The monoisotopic (exact) mass is 1180 g/mol. The summed E-state index contributed by atoms with van der Waals surface area (Å²) in [6.45, 7) is 4.68. The Labute approximate surface area is 504 Å². The van der Waals surface area contributed by atoms with E-state index in [0.29, 0.717) is 19.3 Å². The normalized spacial score (nSPS) is 13.5. The number of allylic oxidation sites excluding steroid dienone is 8. The van der Waals surface area contributed by atoms with Crippen LogP contribution in [-0.2, 0) is 42.2 Å². The zero-order chi connectivity index (χ0) is 59.8. The van der Waals surface area contributed by atoms with Crippen molar-refractivity contribution in [3.8, 4) is 0 Å². The fraction of sp³-hybridized carbons (Fsp3) is 0.843. The first-order valence-electron chi connectivity index (χ1n) is 34.5. The number of unbranched alkanes of at least 4 members (excludes halogenated alkanes) is 40. The number of hydrogen-bond donors (Lipinski definition) is 2. The third-order valence-corrected chi connectivity index (χ3v) is 16.1. The number of phosphoric ester groups is 1. The van der Waals surface area contributed by atoms with Gasteiger partial charge in [-0.3, -0.25) is 23.4 Å². The molecule has 0 aromatic carbocycles. The van der Waals surface area contributed by atoms with E-state index >= 15 is 0 Å². The maximum atomic E-state index is 13.0. The Morgan fingerprint density at radius 2 is 0.598 bits per heavy atom. The van der Waals surface area contributed by atoms with Crippen LogP contribution in [0, 0.1) is 0 Å². The van der Waals surface area contributed by atoms with Crippen molar-refractivity contribution in [2.75, 3.05) is 26.4 Å². The molecule has 0 aliphatic rings. The fourth-order valence-electron chi connectivity index (χ4n) is 9.91. The largest absolute Gasteiger partial charge is 0.472 e. The Morgan fingerprint density at radius 1 is 0.341 bits per heavy atom. The second-order valence-electron chi connectivity index (χ2n) is 23.3. The maximum absolute atomic E-state index is 13.0. The summed E-state index contributed by atoms with van der Waals surface area (Å²) in [5, 5.41) is 9.87. The van der Waals surface area contributed by atoms with Crippen LogP contribution in [0.3, 0.4) is 0 Å². The Balaban J connectivity index is 4.67. The van der Waals surface area contributed by atoms with Crippen LogP contribution in [0.2, 0.25) is 0 Å². The van der Waals surface area contributed by atoms with Gasteiger partial charge in [-0.05, 0) is 103 Å². The highest BCUT2D eigenvalue weighted by atomic mass is 31.2. The Hall–Kier alpha value is -2.56. The van der Waals surface area contributed by atoms with E-state index in [9.17, 15) is 28.9 Å². The van der Waals surface area contributed by atoms with Crippen LogP contribution >= 0.6 is 7.82 Å². The van der Waals surface area contributed by atoms with Crippen molar-refractivity contribution in [3.05, 3.63) is 48.6 Å². The molecule has 3 unspecified atom stereocenters. The molecule has 11 nitrogen and oxygen atoms in total. The van der Waals surface area contributed by atoms with E-state index in [-0.39, 0.29) is 25.9 Å². The number of aliphatic hydroxyl groups is 1. The number of carbonyl (C=O) groups is 3. The summed E-state index contributed by atoms with van der Waals surface area (Å²) < 4.78 is 39.8. The third kappa shape index (κ3) is 62.0. The minimum Gasteiger partial charge on any atom is -0.462 e. The van der Waals surface area contributed by atoms with Crippen LogP contribution in [0.5, 0.6) is 0 Å². The van der Waals surface area contributed by atoms with Crippen molar-refractivity contribution < 1.29 is 52.2 Å². The van der Waals surface area contributed by atoms with Crippen LogP contribution in [0.15, 0.2) is 48.6 Å². The Morgan fingerprint density at radius 3 is 0.939 bits per heavy atom. The fourth-order valence-corrected chi connectivity index (χ4v) is 10.7. The average molecular weight is 1180 g/mol. The zero-order valence-corrected chi connectivity index (χ0v) is 54.4. The minimum atomic E-state index is -4.76. The van der Waals surface area contributed by atoms with Crippen molar-refractivity contribution in [1.82, 2.24) is 0 Å². The first-order valence-corrected chi connectivity index (χ1v) is 36.0. The summed E-state index contributed by atoms with van der Waals surface area (Å²) in [5.74, 6) is -1.45. The predicted octanol–water partition coefficient (Wildman–Crippen LogP) is 21.3. The lowest BCUT2D eigenvalue weighted by Crippen LogP contribution is -2.30. The number of rotatable bonds is 65. The second-order valence-corrected chi connectivity index (χ2v) is 24.8. The second kappa shape index (κ2) is 64.4. The van der Waals surface area contributed by atoms with Gasteiger partial charge in [-0.15, -0.1) is 0 Å². The molecule has 0 aliphatic carbocycles. The lowest BCUT2D eigenvalue weighted by Gasteiger charge is -2.21. The van der Waals surface area contributed by atoms with Crippen LogP contribution in [0.4, 0.5) is 0 Å². The van der Waals surface area contributed by atoms with E-state index in [2.05, 4.69) is 69.4 Å². The molecule has 0 aromatic rings. The summed E-state index contributed by atoms with van der Waals surface area (Å²) in [6, 6.07) is 0. The topological polar surface area (TPSA) is 155 Å². The molecule has 0 aliphatic heterocycles. The number of hydrogen-bond acceptors (Lipinski definition) is 10. The highest BCUT2D eigenvalue weighted by molar-refractivity contribution is 7.47. The molecule has 0 fully saturated rings. The van der Waals surface area contributed by atoms with Crippen LogP contribution in [0.1, 0.15) is 342 Å². The van der Waals surface area contributed by atoms with Gasteiger partial charge in [0.05, 0.1) is 19.8 Å². The molecular weight excluding hydrogens is 1050 g/mol. The summed E-state index contributed by atoms with van der Waals surface area (Å²) in [7, 11) is -4.76. The van der Waals surface area contributed by atoms with Crippen molar-refractivity contribution in [2.24, 2.45) is 0 Å². The predicted molar refractivity (Wildman–Crippen MR) is 344 cm³/mol. The molecule has 0 amide bonds. The van der Waals surface area contributed by atoms with E-state index in [1.807, 2.05) is 0 Å². The first-order chi connectivity index (χ1) is 40.2. The number of phosphoric acid groups is 1. The highest BCUT2D eigenvalue weighted by Gasteiger charge is 2.28. The molecule has 0 rings (SSSR count). The standard InChI is InChI=1S/C70H129O11P/c1-4-7-10-13-16-19-22-25-28-31-33-36-38-41-44-47-50-53-56-59-68(72)77-63-67(81-70(74)61-58-55-52-49-46-43-40-37-34-32-29-26-23-20-17-14-11-8-5-2)65-79-82(75,76)78-64-66(62-71)80-69(73)60-57-54-51-48-45-42-39-35-30-27-24-21-18-15-12-9-6-3/h16,19,25-30,66-67,71H,4-15,17-18,20-24,31-65H2,1-3H3,(H,75,76)/b19-16-,28-25-,29-26-,30-27-. The average Bonchev–Trinajstić information content (AvgIpc) is 3.47. The smallest absolute Gasteiger partial charge is 0.462 e. The van der Waals surface area contributed by atoms with E-state index in [0.717, 1.165) is 77.0 Å². The summed E-state index contributed by atoms with van der Waals surface area (Å²) >= 11 is 0. The quantitative estimate of drug-likeness (QED) is 0.0197. The van der Waals surface area contributed by atoms with Gasteiger partial charge in [-0.2, -0.15) is 0 Å². The van der Waals surface area contributed by atoms with Gasteiger partial charge in [0.25, 0.3) is 0 Å². The van der Waals surface area contributed by atoms with Crippen molar-refractivity contribution in [1.29, 1.82) is 0 Å². The number of carbonyl (C=O) groups excluding carboxylic acids is 3. The van der Waals surface area contributed by atoms with Gasteiger partial charge in [0, 0.05) is 19.3 Å². The molecule has 0 heterocycles. The molecule has 480 valence electrons. The molecule has 3 atom stereocenters. The Bertz CT molecular complexity index is 1560. The molecule has 0 radical (unpaired) electrons. The van der Waals surface area contributed by atoms with Gasteiger partial charge in [-0.25, -0.2) is 4.57 Å². The van der Waals surface area contributed by atoms with Crippen LogP contribution < -0.4 is 0 Å². The molecular formula is C70H129O11P. The van der Waals surface area contributed by atoms with E-state index < -0.39 is 57.8 Å². The summed E-state index contributed by atoms with van der Waals surface area (Å²) in [5.41, 5.74) is 0. The van der Waals surface area contributed by atoms with E-state index in [4.69, 9.17) is 23.3 Å². The number of esters is 3. The molecule has 0 aromatic heterocycles. The molecule has 0 spiro atoms. The van der Waals surface area contributed by atoms with Gasteiger partial charge in [0.15, 0.2) is 6.10 Å². The van der Waals surface area contributed by atoms with Gasteiger partial charge in [0.2, 0.25) is 0 Å². The van der Waals surface area contributed by atoms with Gasteiger partial charge < -0.3 is 24.2 Å². The lowest BCUT2D eigenvalue weighted by molar-refractivity contribution is -0.161. The highest BCUT2D eigenvalue weighted by Crippen LogP contribution is 2.43. The summed E-state index contributed by atoms with van der Waals surface area (Å²) in [6.07, 6.45) is 72.0. The maximum Gasteiger partial charge on any atom is 0.472 e. The van der Waals surface area contributed by atoms with Gasteiger partial charge in [0.1, 0.15) is 12.7 Å². The van der Waals surface area contributed by atoms with E-state index in [1.165, 1.54) is 205 Å². The van der Waals surface area contributed by atoms with Crippen molar-refractivity contribution in [3.63, 3.8) is 0 Å². The molecule has 0 bridgehead atoms. The first kappa shape index (κ1) is 79.4. The molecule has 2 N–H and O–H groups in total. The SMILES string of the molecule is CCCCC/C=C\C/C=C\CCCCCCCCCCCC(=O)OCC(COP(=O)(O)OCC(CO)OC(=O)CCCCCCCCC/C=C\CCCCCCCC)OC(=O)CCCCCCCCCCC/C=C\CCCCCCCC. The molecule has 12 heteroatoms. The van der Waals surface area contributed by atoms with Gasteiger partial charge >= 0.3 is 25.7 Å². The van der Waals surface area contributed by atoms with Crippen molar-refractivity contribution >= 4 is 25.7 Å². The molecule has 0 saturated heterocycles.